The van der Waals surface area contributed by atoms with Gasteiger partial charge in [-0.25, -0.2) is 0 Å². The van der Waals surface area contributed by atoms with E-state index < -0.39 is 0 Å². The second-order valence-electron chi connectivity index (χ2n) is 13.4. The summed E-state index contributed by atoms with van der Waals surface area (Å²) in [4.78, 5) is 12.3. The zero-order valence-corrected chi connectivity index (χ0v) is 26.2. The van der Waals surface area contributed by atoms with Gasteiger partial charge in [-0.3, -0.25) is 4.79 Å². The van der Waals surface area contributed by atoms with E-state index in [-0.39, 0.29) is 23.2 Å². The smallest absolute Gasteiger partial charge is 0.306 e. The number of aromatic hydroxyl groups is 1. The van der Waals surface area contributed by atoms with E-state index in [1.807, 2.05) is 18.6 Å². The Morgan fingerprint density at radius 1 is 0.684 bits per heavy atom. The SMILES string of the molecule is CCCCCCCCCCCCCCCCCCOC(=O)C[CH]c1cc(C(C)(C)C)c(O)c(C(C)(C)C)c1. The van der Waals surface area contributed by atoms with E-state index in [9.17, 15) is 9.90 Å². The monoisotopic (exact) mass is 529 g/mol. The molecule has 0 spiro atoms. The van der Waals surface area contributed by atoms with E-state index in [4.69, 9.17) is 4.74 Å². The van der Waals surface area contributed by atoms with Gasteiger partial charge in [0.1, 0.15) is 5.75 Å². The van der Waals surface area contributed by atoms with Crippen molar-refractivity contribution < 1.29 is 14.6 Å². The Bertz CT molecular complexity index is 731. The molecule has 1 rings (SSSR count). The number of ether oxygens (including phenoxy) is 1. The van der Waals surface area contributed by atoms with Crippen LogP contribution in [-0.4, -0.2) is 17.7 Å². The van der Waals surface area contributed by atoms with Crippen LogP contribution in [0.15, 0.2) is 12.1 Å². The number of unbranched alkanes of at least 4 members (excludes halogenated alkanes) is 15. The van der Waals surface area contributed by atoms with E-state index in [1.54, 1.807) is 0 Å². The maximum absolute atomic E-state index is 12.3. The molecule has 0 saturated carbocycles. The molecule has 0 unspecified atom stereocenters. The minimum Gasteiger partial charge on any atom is -0.507 e. The molecular formula is C35H61O3. The van der Waals surface area contributed by atoms with E-state index in [0.717, 1.165) is 29.5 Å². The number of esters is 1. The summed E-state index contributed by atoms with van der Waals surface area (Å²) in [5.74, 6) is 0.196. The lowest BCUT2D eigenvalue weighted by Gasteiger charge is -2.28. The maximum atomic E-state index is 12.3. The highest BCUT2D eigenvalue weighted by molar-refractivity contribution is 5.71. The lowest BCUT2D eigenvalue weighted by molar-refractivity contribution is -0.142. The molecule has 1 N–H and O–H groups in total. The Hall–Kier alpha value is -1.51. The first-order valence-electron chi connectivity index (χ1n) is 15.8. The topological polar surface area (TPSA) is 46.5 Å². The van der Waals surface area contributed by atoms with Gasteiger partial charge in [-0.05, 0) is 33.9 Å². The molecule has 219 valence electrons. The summed E-state index contributed by atoms with van der Waals surface area (Å²) in [7, 11) is 0. The predicted molar refractivity (Wildman–Crippen MR) is 164 cm³/mol. The molecule has 0 atom stereocenters. The first-order chi connectivity index (χ1) is 18.0. The van der Waals surface area contributed by atoms with Crippen molar-refractivity contribution in [1.82, 2.24) is 0 Å². The lowest BCUT2D eigenvalue weighted by Crippen LogP contribution is -2.18. The third-order valence-electron chi connectivity index (χ3n) is 7.51. The number of rotatable bonds is 20. The molecule has 1 aromatic carbocycles. The summed E-state index contributed by atoms with van der Waals surface area (Å²) in [5, 5.41) is 10.9. The Kier molecular flexibility index (Phi) is 17.0. The van der Waals surface area contributed by atoms with Crippen LogP contribution in [0.5, 0.6) is 5.75 Å². The molecule has 38 heavy (non-hydrogen) atoms. The predicted octanol–water partition coefficient (Wildman–Crippen LogP) is 10.7. The Balaban J connectivity index is 2.13. The van der Waals surface area contributed by atoms with Crippen LogP contribution >= 0.6 is 0 Å². The fourth-order valence-electron chi connectivity index (χ4n) is 5.01. The van der Waals surface area contributed by atoms with Gasteiger partial charge in [0.2, 0.25) is 0 Å². The summed E-state index contributed by atoms with van der Waals surface area (Å²) in [6.45, 7) is 15.4. The van der Waals surface area contributed by atoms with Crippen LogP contribution in [0.4, 0.5) is 0 Å². The molecule has 0 saturated heterocycles. The summed E-state index contributed by atoms with van der Waals surface area (Å²) in [5.41, 5.74) is 2.44. The number of phenolic OH excluding ortho intramolecular Hbond substituents is 1. The van der Waals surface area contributed by atoms with Gasteiger partial charge in [-0.15, -0.1) is 0 Å². The Morgan fingerprint density at radius 2 is 1.05 bits per heavy atom. The number of hydrogen-bond acceptors (Lipinski definition) is 3. The molecule has 3 heteroatoms. The van der Waals surface area contributed by atoms with E-state index >= 15 is 0 Å². The molecule has 0 aliphatic rings. The van der Waals surface area contributed by atoms with Gasteiger partial charge < -0.3 is 9.84 Å². The highest BCUT2D eigenvalue weighted by atomic mass is 16.5. The van der Waals surface area contributed by atoms with Crippen LogP contribution in [0.1, 0.15) is 174 Å². The minimum atomic E-state index is -0.179. The van der Waals surface area contributed by atoms with Crippen LogP contribution in [-0.2, 0) is 20.4 Å². The lowest BCUT2D eigenvalue weighted by atomic mass is 9.78. The molecular weight excluding hydrogens is 468 g/mol. The van der Waals surface area contributed by atoms with Gasteiger partial charge in [-0.2, -0.15) is 0 Å². The van der Waals surface area contributed by atoms with Crippen LogP contribution in [0.2, 0.25) is 0 Å². The molecule has 0 amide bonds. The van der Waals surface area contributed by atoms with Crippen molar-refractivity contribution in [3.63, 3.8) is 0 Å². The van der Waals surface area contributed by atoms with Gasteiger partial charge in [-0.1, -0.05) is 157 Å². The zero-order valence-electron chi connectivity index (χ0n) is 26.2. The van der Waals surface area contributed by atoms with Crippen molar-refractivity contribution in [1.29, 1.82) is 0 Å². The number of carbonyl (C=O) groups is 1. The summed E-state index contributed by atoms with van der Waals surface area (Å²) in [6.07, 6.45) is 23.6. The normalized spacial score (nSPS) is 12.2. The molecule has 0 aliphatic heterocycles. The molecule has 0 fully saturated rings. The highest BCUT2D eigenvalue weighted by Crippen LogP contribution is 2.40. The van der Waals surface area contributed by atoms with Gasteiger partial charge in [0.05, 0.1) is 13.0 Å². The number of hydrogen-bond donors (Lipinski definition) is 1. The van der Waals surface area contributed by atoms with Crippen molar-refractivity contribution in [3.8, 4) is 5.75 Å². The second-order valence-corrected chi connectivity index (χ2v) is 13.4. The van der Waals surface area contributed by atoms with Crippen molar-refractivity contribution in [2.45, 2.75) is 168 Å². The fourth-order valence-corrected chi connectivity index (χ4v) is 5.01. The number of benzene rings is 1. The first-order valence-corrected chi connectivity index (χ1v) is 15.8. The summed E-state index contributed by atoms with van der Waals surface area (Å²) < 4.78 is 5.48. The first kappa shape index (κ1) is 34.5. The summed E-state index contributed by atoms with van der Waals surface area (Å²) >= 11 is 0. The van der Waals surface area contributed by atoms with Gasteiger partial charge >= 0.3 is 5.97 Å². The Labute approximate surface area is 236 Å². The molecule has 3 nitrogen and oxygen atoms in total. The fraction of sp³-hybridized carbons (Fsp3) is 0.771. The van der Waals surface area contributed by atoms with Gasteiger partial charge in [0, 0.05) is 6.42 Å². The van der Waals surface area contributed by atoms with Gasteiger partial charge in [0.25, 0.3) is 0 Å². The van der Waals surface area contributed by atoms with Crippen LogP contribution < -0.4 is 0 Å². The quantitative estimate of drug-likeness (QED) is 0.135. The van der Waals surface area contributed by atoms with E-state index in [0.29, 0.717) is 12.4 Å². The molecule has 1 radical (unpaired) electrons. The van der Waals surface area contributed by atoms with Crippen LogP contribution in [0, 0.1) is 6.42 Å². The standard InChI is InChI=1S/C35H61O3/c1-8-9-10-11-12-13-14-15-16-17-18-19-20-21-22-23-26-38-32(36)25-24-29-27-30(34(2,3)4)33(37)31(28-29)35(5,6)7/h24,27-28,37H,8-23,25-26H2,1-7H3. The van der Waals surface area contributed by atoms with Crippen molar-refractivity contribution in [2.75, 3.05) is 6.61 Å². The third kappa shape index (κ3) is 15.2. The van der Waals surface area contributed by atoms with Gasteiger partial charge in [0.15, 0.2) is 0 Å². The molecule has 0 heterocycles. The largest absolute Gasteiger partial charge is 0.507 e. The van der Waals surface area contributed by atoms with Crippen molar-refractivity contribution in [3.05, 3.63) is 35.2 Å². The summed E-state index contributed by atoms with van der Waals surface area (Å²) in [6, 6.07) is 4.01. The molecule has 0 bridgehead atoms. The average molecular weight is 530 g/mol. The number of phenols is 1. The zero-order chi connectivity index (χ0) is 28.4. The average Bonchev–Trinajstić information content (AvgIpc) is 2.83. The molecule has 1 aromatic rings. The van der Waals surface area contributed by atoms with Crippen molar-refractivity contribution in [2.24, 2.45) is 0 Å². The van der Waals surface area contributed by atoms with Crippen LogP contribution in [0.25, 0.3) is 0 Å². The molecule has 0 aromatic heterocycles. The van der Waals surface area contributed by atoms with Crippen LogP contribution in [0.3, 0.4) is 0 Å². The minimum absolute atomic E-state index is 0.173. The Morgan fingerprint density at radius 3 is 1.42 bits per heavy atom. The third-order valence-corrected chi connectivity index (χ3v) is 7.51. The number of carbonyl (C=O) groups excluding carboxylic acids is 1. The highest BCUT2D eigenvalue weighted by Gasteiger charge is 2.26. The van der Waals surface area contributed by atoms with Crippen molar-refractivity contribution >= 4 is 5.97 Å². The molecule has 0 aliphatic carbocycles. The van der Waals surface area contributed by atoms with E-state index in [2.05, 4.69) is 48.5 Å². The second kappa shape index (κ2) is 18.7. The van der Waals surface area contributed by atoms with E-state index in [1.165, 1.54) is 89.9 Å². The maximum Gasteiger partial charge on any atom is 0.306 e.